The number of thiophene rings is 1. The molecular weight excluding hydrogens is 450 g/mol. The monoisotopic (exact) mass is 479 g/mol. The van der Waals surface area contributed by atoms with Gasteiger partial charge in [0.25, 0.3) is 5.91 Å². The second kappa shape index (κ2) is 9.27. The van der Waals surface area contributed by atoms with Crippen LogP contribution in [0.15, 0.2) is 34.3 Å². The minimum absolute atomic E-state index is 0.0371. The predicted octanol–water partition coefficient (Wildman–Crippen LogP) is 4.21. The molecule has 10 heteroatoms. The Morgan fingerprint density at radius 3 is 2.62 bits per heavy atom. The van der Waals surface area contributed by atoms with Gasteiger partial charge in [-0.05, 0) is 37.3 Å². The number of nitrogens with zero attached hydrogens (tertiary/aromatic N) is 7. The molecule has 0 unspecified atom stereocenters. The molecule has 5 rings (SSSR count). The Hall–Kier alpha value is -3.11. The number of carbonyl (C=O) groups is 1. The fourth-order valence-corrected chi connectivity index (χ4v) is 4.83. The molecule has 0 aliphatic carbocycles. The first kappa shape index (κ1) is 22.7. The van der Waals surface area contributed by atoms with Crippen molar-refractivity contribution in [2.45, 2.75) is 46.2 Å². The predicted molar refractivity (Wildman–Crippen MR) is 131 cm³/mol. The SMILES string of the molecule is CC(C)c1cc(C(=O)N2CCN(Cc3nc(-c4cccs4)no3)CC2)c2cnn(C(C)C)c2n1. The van der Waals surface area contributed by atoms with Crippen LogP contribution in [0.2, 0.25) is 0 Å². The molecule has 1 aliphatic heterocycles. The first-order valence-electron chi connectivity index (χ1n) is 11.7. The quantitative estimate of drug-likeness (QED) is 0.409. The van der Waals surface area contributed by atoms with Gasteiger partial charge in [0.05, 0.1) is 28.6 Å². The largest absolute Gasteiger partial charge is 0.338 e. The van der Waals surface area contributed by atoms with Gasteiger partial charge in [0.1, 0.15) is 0 Å². The average Bonchev–Trinajstić information content (AvgIpc) is 3.58. The van der Waals surface area contributed by atoms with Gasteiger partial charge in [-0.25, -0.2) is 9.67 Å². The van der Waals surface area contributed by atoms with Crippen molar-refractivity contribution in [3.63, 3.8) is 0 Å². The molecular formula is C24H29N7O2S. The lowest BCUT2D eigenvalue weighted by Gasteiger charge is -2.34. The fraction of sp³-hybridized carbons (Fsp3) is 0.458. The second-order valence-corrected chi connectivity index (χ2v) is 10.2. The van der Waals surface area contributed by atoms with Crippen LogP contribution in [0.1, 0.15) is 61.6 Å². The third-order valence-corrected chi connectivity index (χ3v) is 6.99. The van der Waals surface area contributed by atoms with Gasteiger partial charge in [0.15, 0.2) is 5.65 Å². The van der Waals surface area contributed by atoms with E-state index < -0.39 is 0 Å². The van der Waals surface area contributed by atoms with Gasteiger partial charge in [0, 0.05) is 37.9 Å². The normalized spacial score (nSPS) is 15.2. The highest BCUT2D eigenvalue weighted by atomic mass is 32.1. The molecule has 4 aromatic rings. The van der Waals surface area contributed by atoms with E-state index in [1.165, 1.54) is 0 Å². The Labute approximate surface area is 202 Å². The highest BCUT2D eigenvalue weighted by molar-refractivity contribution is 7.13. The van der Waals surface area contributed by atoms with Gasteiger partial charge in [-0.15, -0.1) is 11.3 Å². The summed E-state index contributed by atoms with van der Waals surface area (Å²) in [4.78, 5) is 28.1. The van der Waals surface area contributed by atoms with Crippen molar-refractivity contribution in [1.29, 1.82) is 0 Å². The molecule has 178 valence electrons. The Kier molecular flexibility index (Phi) is 6.18. The van der Waals surface area contributed by atoms with Crippen LogP contribution in [0.3, 0.4) is 0 Å². The van der Waals surface area contributed by atoms with Gasteiger partial charge in [-0.1, -0.05) is 25.1 Å². The molecule has 34 heavy (non-hydrogen) atoms. The maximum Gasteiger partial charge on any atom is 0.254 e. The number of aromatic nitrogens is 5. The third kappa shape index (κ3) is 4.35. The zero-order chi connectivity index (χ0) is 23.8. The number of amides is 1. The smallest absolute Gasteiger partial charge is 0.254 e. The Morgan fingerprint density at radius 2 is 1.94 bits per heavy atom. The summed E-state index contributed by atoms with van der Waals surface area (Å²) in [7, 11) is 0. The highest BCUT2D eigenvalue weighted by Gasteiger charge is 2.27. The lowest BCUT2D eigenvalue weighted by Crippen LogP contribution is -2.48. The summed E-state index contributed by atoms with van der Waals surface area (Å²) >= 11 is 1.59. The number of carbonyl (C=O) groups excluding carboxylic acids is 1. The van der Waals surface area contributed by atoms with Crippen molar-refractivity contribution in [2.75, 3.05) is 26.2 Å². The summed E-state index contributed by atoms with van der Waals surface area (Å²) in [5.41, 5.74) is 2.38. The van der Waals surface area contributed by atoms with Crippen LogP contribution in [0.5, 0.6) is 0 Å². The Balaban J connectivity index is 1.29. The van der Waals surface area contributed by atoms with Gasteiger partial charge >= 0.3 is 0 Å². The molecule has 0 atom stereocenters. The fourth-order valence-electron chi connectivity index (χ4n) is 4.18. The third-order valence-electron chi connectivity index (χ3n) is 6.13. The number of pyridine rings is 1. The molecule has 0 bridgehead atoms. The van der Waals surface area contributed by atoms with Crippen LogP contribution < -0.4 is 0 Å². The van der Waals surface area contributed by atoms with E-state index in [0.717, 1.165) is 34.7 Å². The molecule has 0 aromatic carbocycles. The maximum atomic E-state index is 13.6. The molecule has 0 radical (unpaired) electrons. The van der Waals surface area contributed by atoms with Gasteiger partial charge in [0.2, 0.25) is 11.7 Å². The van der Waals surface area contributed by atoms with Crippen LogP contribution in [0, 0.1) is 0 Å². The standard InChI is InChI=1S/C24H29N7O2S/c1-15(2)19-12-17(18-13-25-31(16(3)4)23(18)26-19)24(32)30-9-7-29(8-10-30)14-21-27-22(28-33-21)20-6-5-11-34-20/h5-6,11-13,15-16H,7-10,14H2,1-4H3. The van der Waals surface area contributed by atoms with Crippen molar-refractivity contribution in [1.82, 2.24) is 34.7 Å². The van der Waals surface area contributed by atoms with Gasteiger partial charge < -0.3 is 9.42 Å². The molecule has 1 saturated heterocycles. The van der Waals surface area contributed by atoms with Gasteiger partial charge in [-0.2, -0.15) is 10.1 Å². The lowest BCUT2D eigenvalue weighted by atomic mass is 10.0. The van der Waals surface area contributed by atoms with E-state index in [9.17, 15) is 4.79 Å². The first-order valence-corrected chi connectivity index (χ1v) is 12.5. The Bertz CT molecular complexity index is 1280. The van der Waals surface area contributed by atoms with E-state index in [0.29, 0.717) is 36.9 Å². The van der Waals surface area contributed by atoms with Crippen molar-refractivity contribution < 1.29 is 9.32 Å². The van der Waals surface area contributed by atoms with E-state index >= 15 is 0 Å². The van der Waals surface area contributed by atoms with Crippen molar-refractivity contribution in [3.8, 4) is 10.7 Å². The minimum Gasteiger partial charge on any atom is -0.338 e. The van der Waals surface area contributed by atoms with Crippen LogP contribution in [-0.2, 0) is 6.54 Å². The minimum atomic E-state index is 0.0371. The molecule has 1 amide bonds. The summed E-state index contributed by atoms with van der Waals surface area (Å²) in [6.07, 6.45) is 1.77. The molecule has 1 aliphatic rings. The van der Waals surface area contributed by atoms with E-state index in [-0.39, 0.29) is 17.9 Å². The highest BCUT2D eigenvalue weighted by Crippen LogP contribution is 2.26. The zero-order valence-electron chi connectivity index (χ0n) is 19.9. The van der Waals surface area contributed by atoms with Crippen LogP contribution in [-0.4, -0.2) is 66.8 Å². The van der Waals surface area contributed by atoms with Crippen LogP contribution >= 0.6 is 11.3 Å². The van der Waals surface area contributed by atoms with Crippen molar-refractivity contribution >= 4 is 28.3 Å². The Morgan fingerprint density at radius 1 is 1.15 bits per heavy atom. The summed E-state index contributed by atoms with van der Waals surface area (Å²) in [6.45, 7) is 11.7. The lowest BCUT2D eigenvalue weighted by molar-refractivity contribution is 0.0617. The second-order valence-electron chi connectivity index (χ2n) is 9.23. The van der Waals surface area contributed by atoms with Crippen LogP contribution in [0.25, 0.3) is 21.7 Å². The summed E-state index contributed by atoms with van der Waals surface area (Å²) in [5.74, 6) is 1.48. The summed E-state index contributed by atoms with van der Waals surface area (Å²) in [6, 6.07) is 6.07. The molecule has 0 spiro atoms. The molecule has 1 fully saturated rings. The van der Waals surface area contributed by atoms with E-state index in [1.54, 1.807) is 17.5 Å². The first-order chi connectivity index (χ1) is 16.4. The van der Waals surface area contributed by atoms with Crippen molar-refractivity contribution in [3.05, 3.63) is 46.9 Å². The molecule has 0 N–H and O–H groups in total. The zero-order valence-corrected chi connectivity index (χ0v) is 20.7. The van der Waals surface area contributed by atoms with E-state index in [2.05, 4.69) is 47.8 Å². The maximum absolute atomic E-state index is 13.6. The average molecular weight is 480 g/mol. The van der Waals surface area contributed by atoms with E-state index in [4.69, 9.17) is 9.51 Å². The number of hydrogen-bond acceptors (Lipinski definition) is 8. The molecule has 5 heterocycles. The number of rotatable bonds is 6. The number of hydrogen-bond donors (Lipinski definition) is 0. The number of fused-ring (bicyclic) bond motifs is 1. The topological polar surface area (TPSA) is 93.2 Å². The van der Waals surface area contributed by atoms with Gasteiger partial charge in [-0.3, -0.25) is 9.69 Å². The summed E-state index contributed by atoms with van der Waals surface area (Å²) < 4.78 is 7.34. The molecule has 0 saturated carbocycles. The van der Waals surface area contributed by atoms with Crippen molar-refractivity contribution in [2.24, 2.45) is 0 Å². The molecule has 9 nitrogen and oxygen atoms in total. The molecule has 4 aromatic heterocycles. The summed E-state index contributed by atoms with van der Waals surface area (Å²) in [5, 5.41) is 11.4. The number of piperazine rings is 1. The van der Waals surface area contributed by atoms with E-state index in [1.807, 2.05) is 33.2 Å². The van der Waals surface area contributed by atoms with Crippen LogP contribution in [0.4, 0.5) is 0 Å².